The molecule has 0 radical (unpaired) electrons. The highest BCUT2D eigenvalue weighted by Crippen LogP contribution is 2.21. The Balaban J connectivity index is 0. The highest BCUT2D eigenvalue weighted by atomic mass is 35.7. The summed E-state index contributed by atoms with van der Waals surface area (Å²) in [5.41, 5.74) is 0. The number of unbranched alkanes of at least 4 members (excludes halogenated alkanes) is 28. The molecule has 0 atom stereocenters. The van der Waals surface area contributed by atoms with Gasteiger partial charge in [-0.15, -0.1) is 0 Å². The highest BCUT2D eigenvalue weighted by molar-refractivity contribution is 4.56. The van der Waals surface area contributed by atoms with E-state index in [1.54, 1.807) is 0 Å². The summed E-state index contributed by atoms with van der Waals surface area (Å²) in [4.78, 5) is 0. The van der Waals surface area contributed by atoms with Crippen molar-refractivity contribution < 1.29 is 33.4 Å². The first-order valence-electron chi connectivity index (χ1n) is 20.7. The number of rotatable bonds is 36. The van der Waals surface area contributed by atoms with Crippen LogP contribution in [-0.4, -0.2) is 35.3 Å². The third-order valence-corrected chi connectivity index (χ3v) is 9.94. The minimum Gasteiger partial charge on any atom is -0.324 e. The van der Waals surface area contributed by atoms with Crippen LogP contribution < -0.4 is 14.0 Å². The molecule has 0 aliphatic rings. The van der Waals surface area contributed by atoms with Crippen molar-refractivity contribution in [2.24, 2.45) is 0 Å². The summed E-state index contributed by atoms with van der Waals surface area (Å²) in [6, 6.07) is 0. The smallest absolute Gasteiger partial charge is 0.0786 e. The minimum atomic E-state index is -4.69. The van der Waals surface area contributed by atoms with Crippen molar-refractivity contribution in [1.29, 1.82) is 0 Å². The van der Waals surface area contributed by atoms with Crippen molar-refractivity contribution in [2.45, 2.75) is 233 Å². The number of hydrogen-bond acceptors (Lipinski definition) is 4. The van der Waals surface area contributed by atoms with E-state index in [9.17, 15) is 0 Å². The van der Waals surface area contributed by atoms with Gasteiger partial charge in [-0.3, -0.25) is 0 Å². The van der Waals surface area contributed by atoms with Crippen molar-refractivity contribution in [2.75, 3.05) is 26.2 Å². The second-order valence-corrected chi connectivity index (χ2v) is 15.3. The maximum atomic E-state index is 8.60. The molecule has 0 saturated carbocycles. The second-order valence-electron chi connectivity index (χ2n) is 14.5. The van der Waals surface area contributed by atoms with Gasteiger partial charge in [-0.2, -0.15) is 14.0 Å². The molecule has 0 unspecified atom stereocenters. The molecule has 0 rings (SSSR count). The average Bonchev–Trinajstić information content (AvgIpc) is 3.01. The number of quaternary nitrogens is 1. The Hall–Kier alpha value is 0.0900. The van der Waals surface area contributed by atoms with Gasteiger partial charge < -0.3 is 4.48 Å². The summed E-state index contributed by atoms with van der Waals surface area (Å²) in [6.45, 7) is 15.3. The van der Waals surface area contributed by atoms with Crippen molar-refractivity contribution in [1.82, 2.24) is 0 Å². The molecule has 0 fully saturated rings. The third kappa shape index (κ3) is 42.1. The van der Waals surface area contributed by atoms with Crippen LogP contribution in [0.3, 0.4) is 0 Å². The predicted molar refractivity (Wildman–Crippen MR) is 192 cm³/mol. The quantitative estimate of drug-likeness (QED) is 0.0527. The van der Waals surface area contributed by atoms with E-state index in [0.29, 0.717) is 0 Å². The summed E-state index contributed by atoms with van der Waals surface area (Å²) in [7, 11) is -4.69. The standard InChI is InChI=1S/C40H84N.ClHO4/c1-5-9-13-17-21-25-29-33-37-41(38-34-30-26-22-18-14-10-6-2,39-35-31-27-23-19-15-11-7-3)40-36-32-28-24-20-16-12-8-4;2-1(3,4)5/h5-40H2,1-4H3;(H,2,3,4,5)/q+1;. The monoisotopic (exact) mass is 679 g/mol. The van der Waals surface area contributed by atoms with Gasteiger partial charge in [-0.1, -0.05) is 182 Å². The van der Waals surface area contributed by atoms with Gasteiger partial charge in [0.1, 0.15) is 0 Å². The van der Waals surface area contributed by atoms with Gasteiger partial charge in [0.2, 0.25) is 0 Å². The van der Waals surface area contributed by atoms with Crippen LogP contribution in [0.1, 0.15) is 233 Å². The van der Waals surface area contributed by atoms with Crippen LogP contribution in [0, 0.1) is 10.2 Å². The highest BCUT2D eigenvalue weighted by Gasteiger charge is 2.25. The van der Waals surface area contributed by atoms with Crippen LogP contribution >= 0.6 is 0 Å². The molecule has 0 aliphatic heterocycles. The van der Waals surface area contributed by atoms with E-state index in [1.165, 1.54) is 236 Å². The fraction of sp³-hybridized carbons (Fsp3) is 1.00. The Morgan fingerprint density at radius 3 is 0.587 bits per heavy atom. The average molecular weight is 680 g/mol. The summed E-state index contributed by atoms with van der Waals surface area (Å²) in [6.07, 6.45) is 46.7. The van der Waals surface area contributed by atoms with E-state index < -0.39 is 10.2 Å². The molecule has 0 aromatic rings. The van der Waals surface area contributed by atoms with E-state index in [-0.39, 0.29) is 0 Å². The van der Waals surface area contributed by atoms with Crippen molar-refractivity contribution in [3.63, 3.8) is 0 Å². The first kappa shape index (κ1) is 48.2. The van der Waals surface area contributed by atoms with E-state index in [1.807, 2.05) is 0 Å². The van der Waals surface area contributed by atoms with E-state index in [4.69, 9.17) is 18.6 Å². The summed E-state index contributed by atoms with van der Waals surface area (Å²) in [5, 5.41) is 0. The van der Waals surface area contributed by atoms with Gasteiger partial charge in [0, 0.05) is 0 Å². The minimum absolute atomic E-state index is 1.37. The zero-order valence-electron chi connectivity index (χ0n) is 32.0. The molecule has 0 aromatic carbocycles. The number of hydrogen-bond donors (Lipinski definition) is 1. The van der Waals surface area contributed by atoms with E-state index in [2.05, 4.69) is 27.7 Å². The zero-order valence-corrected chi connectivity index (χ0v) is 32.7. The van der Waals surface area contributed by atoms with Crippen molar-refractivity contribution in [3.05, 3.63) is 0 Å². The molecule has 0 aliphatic carbocycles. The molecule has 0 aromatic heterocycles. The summed E-state index contributed by atoms with van der Waals surface area (Å²) >= 11 is 0. The van der Waals surface area contributed by atoms with Crippen molar-refractivity contribution >= 4 is 0 Å². The molecule has 0 heterocycles. The van der Waals surface area contributed by atoms with Crippen LogP contribution in [0.25, 0.3) is 0 Å². The van der Waals surface area contributed by atoms with Crippen LogP contribution in [0.5, 0.6) is 0 Å². The fourth-order valence-electron chi connectivity index (χ4n) is 7.00. The Bertz CT molecular complexity index is 466. The molecule has 5 nitrogen and oxygen atoms in total. The molecule has 0 amide bonds. The lowest BCUT2D eigenvalue weighted by atomic mass is 10.0. The molecule has 280 valence electrons. The van der Waals surface area contributed by atoms with Gasteiger partial charge >= 0.3 is 0 Å². The summed E-state index contributed by atoms with van der Waals surface area (Å²) < 4.78 is 34.2. The normalized spacial score (nSPS) is 12.0. The Morgan fingerprint density at radius 2 is 0.435 bits per heavy atom. The first-order valence-corrected chi connectivity index (χ1v) is 22.0. The number of halogens is 1. The maximum absolute atomic E-state index is 8.60. The van der Waals surface area contributed by atoms with Gasteiger partial charge in [0.05, 0.1) is 41.1 Å². The maximum Gasteiger partial charge on any atom is 0.0786 e. The van der Waals surface area contributed by atoms with E-state index >= 15 is 0 Å². The first-order chi connectivity index (χ1) is 22.2. The Morgan fingerprint density at radius 1 is 0.304 bits per heavy atom. The van der Waals surface area contributed by atoms with Gasteiger partial charge in [-0.05, 0) is 51.4 Å². The lowest BCUT2D eigenvalue weighted by Crippen LogP contribution is -2.58. The van der Waals surface area contributed by atoms with E-state index in [0.717, 1.165) is 0 Å². The van der Waals surface area contributed by atoms with Crippen LogP contribution in [0.2, 0.25) is 0 Å². The SMILES string of the molecule is CCCCCCCCCC[N+](CCCCCCCCCC)(CCCCCCCCCC)CCCCCCCCCC.[O-][Cl+3]([O-])([O-])O. The van der Waals surface area contributed by atoms with Crippen LogP contribution in [0.15, 0.2) is 0 Å². The molecule has 0 saturated heterocycles. The second kappa shape index (κ2) is 37.9. The van der Waals surface area contributed by atoms with Crippen molar-refractivity contribution in [3.8, 4) is 0 Å². The zero-order chi connectivity index (χ0) is 34.5. The fourth-order valence-corrected chi connectivity index (χ4v) is 7.00. The lowest BCUT2D eigenvalue weighted by Gasteiger charge is -2.40. The molecular weight excluding hydrogens is 594 g/mol. The van der Waals surface area contributed by atoms with Gasteiger partial charge in [0.25, 0.3) is 0 Å². The molecule has 0 spiro atoms. The molecule has 1 N–H and O–H groups in total. The Labute approximate surface area is 292 Å². The predicted octanol–water partition coefficient (Wildman–Crippen LogP) is 10.2. The molecule has 46 heavy (non-hydrogen) atoms. The number of nitrogens with zero attached hydrogens (tertiary/aromatic N) is 1. The van der Waals surface area contributed by atoms with Crippen LogP contribution in [-0.2, 0) is 0 Å². The molecular formula is C40H85ClNO4+. The largest absolute Gasteiger partial charge is 0.324 e. The topological polar surface area (TPSA) is 89.4 Å². The lowest BCUT2D eigenvalue weighted by molar-refractivity contribution is -1.92. The summed E-state index contributed by atoms with van der Waals surface area (Å²) in [5.74, 6) is 0. The third-order valence-electron chi connectivity index (χ3n) is 9.94. The molecule has 0 bridgehead atoms. The Kier molecular flexibility index (Phi) is 39.7. The molecule has 6 heteroatoms. The van der Waals surface area contributed by atoms with Gasteiger partial charge in [-0.25, -0.2) is 0 Å². The van der Waals surface area contributed by atoms with Gasteiger partial charge in [0.15, 0.2) is 0 Å². The van der Waals surface area contributed by atoms with Crippen LogP contribution in [0.4, 0.5) is 0 Å².